The van der Waals surface area contributed by atoms with Crippen LogP contribution in [0.5, 0.6) is 11.5 Å². The Balaban J connectivity index is 0.000000762. The molecule has 11 heteroatoms. The smallest absolute Gasteiger partial charge is 0.123 e. The number of hydrogen-bond donors (Lipinski definition) is 2. The van der Waals surface area contributed by atoms with Crippen LogP contribution in [0.2, 0.25) is 0 Å². The van der Waals surface area contributed by atoms with E-state index in [1.165, 1.54) is 0 Å². The van der Waals surface area contributed by atoms with Crippen molar-refractivity contribution in [1.29, 1.82) is 0 Å². The molecule has 0 heterocycles. The van der Waals surface area contributed by atoms with Crippen molar-refractivity contribution in [3.05, 3.63) is 57.6 Å². The van der Waals surface area contributed by atoms with Gasteiger partial charge < -0.3 is 38.9 Å². The van der Waals surface area contributed by atoms with E-state index in [4.69, 9.17) is 0 Å². The van der Waals surface area contributed by atoms with Crippen molar-refractivity contribution in [1.82, 2.24) is 0 Å². The van der Waals surface area contributed by atoms with E-state index in [0.29, 0.717) is 33.4 Å². The molecule has 0 saturated carbocycles. The third-order valence-corrected chi connectivity index (χ3v) is 7.83. The van der Waals surface area contributed by atoms with E-state index in [9.17, 15) is 38.9 Å². The first kappa shape index (κ1) is 39.9. The Labute approximate surface area is 256 Å². The molecule has 0 aliphatic carbocycles. The summed E-state index contributed by atoms with van der Waals surface area (Å²) in [5.74, 6) is 0.362. The van der Waals surface area contributed by atoms with Gasteiger partial charge in [-0.05, 0) is 55.0 Å². The Morgan fingerprint density at radius 1 is 0.512 bits per heavy atom. The van der Waals surface area contributed by atoms with E-state index in [1.54, 1.807) is 24.3 Å². The molecule has 8 nitrogen and oxygen atoms in total. The van der Waals surface area contributed by atoms with Crippen molar-refractivity contribution in [3.8, 4) is 11.5 Å². The third kappa shape index (κ3) is 12.6. The Hall–Kier alpha value is -1.14. The number of hydrogen-bond acceptors (Lipinski definition) is 8. The molecule has 0 aliphatic heterocycles. The summed E-state index contributed by atoms with van der Waals surface area (Å²) >= 11 is 0. The number of phenols is 2. The van der Waals surface area contributed by atoms with Crippen molar-refractivity contribution in [2.24, 2.45) is 0 Å². The van der Waals surface area contributed by atoms with Crippen LogP contribution in [0.15, 0.2) is 24.3 Å². The van der Waals surface area contributed by atoms with Crippen LogP contribution < -0.4 is 19.6 Å². The van der Waals surface area contributed by atoms with Crippen molar-refractivity contribution in [2.75, 3.05) is 0 Å². The summed E-state index contributed by atoms with van der Waals surface area (Å²) in [5.41, 5.74) is 2.16. The molecule has 0 aromatic heterocycles. The quantitative estimate of drug-likeness (QED) is 0.349. The molecule has 0 amide bonds. The maximum atomic E-state index is 11.0. The summed E-state index contributed by atoms with van der Waals surface area (Å²) in [7, 11) is -9.26. The number of benzene rings is 2. The number of aromatic hydroxyl groups is 2. The Morgan fingerprint density at radius 3 is 0.805 bits per heavy atom. The minimum atomic E-state index is -4.63. The van der Waals surface area contributed by atoms with Crippen molar-refractivity contribution in [3.63, 3.8) is 0 Å². The van der Waals surface area contributed by atoms with Crippen molar-refractivity contribution >= 4 is 15.2 Å². The Kier molecular flexibility index (Phi) is 12.9. The van der Waals surface area contributed by atoms with Gasteiger partial charge in [-0.15, -0.1) is 0 Å². The van der Waals surface area contributed by atoms with E-state index in [2.05, 4.69) is 0 Å². The van der Waals surface area contributed by atoms with Gasteiger partial charge in [0.15, 0.2) is 0 Å². The van der Waals surface area contributed by atoms with Gasteiger partial charge in [-0.25, -0.2) is 0 Å². The Bertz CT molecular complexity index is 1130. The first-order valence-electron chi connectivity index (χ1n) is 13.2. The fourth-order valence-electron chi connectivity index (χ4n) is 4.31. The van der Waals surface area contributed by atoms with E-state index in [1.807, 2.05) is 83.1 Å². The first-order valence-corrected chi connectivity index (χ1v) is 16.6. The summed E-state index contributed by atoms with van der Waals surface area (Å²) in [6.07, 6.45) is -1.06. The third-order valence-electron chi connectivity index (χ3n) is 6.32. The molecule has 2 N–H and O–H groups in total. The fourth-order valence-corrected chi connectivity index (χ4v) is 5.56. The van der Waals surface area contributed by atoms with E-state index < -0.39 is 27.5 Å². The van der Waals surface area contributed by atoms with Crippen LogP contribution in [0.1, 0.15) is 116 Å². The molecule has 1 radical (unpaired) electrons. The predicted octanol–water partition coefficient (Wildman–Crippen LogP) is 4.80. The molecule has 0 saturated heterocycles. The van der Waals surface area contributed by atoms with Gasteiger partial charge in [-0.1, -0.05) is 123 Å². The van der Waals surface area contributed by atoms with Gasteiger partial charge in [0.1, 0.15) is 11.5 Å². The van der Waals surface area contributed by atoms with Crippen molar-refractivity contribution in [2.45, 2.75) is 117 Å². The summed E-state index contributed by atoms with van der Waals surface area (Å²) in [5, 5.41) is 20.9. The molecule has 2 aromatic rings. The molecule has 2 aromatic carbocycles. The molecular formula is C30H46CuO8P2-4. The van der Waals surface area contributed by atoms with Crippen LogP contribution in [-0.2, 0) is 60.2 Å². The second-order valence-electron chi connectivity index (χ2n) is 14.6. The fraction of sp³-hybridized carbons (Fsp3) is 0.600. The first-order chi connectivity index (χ1) is 17.4. The van der Waals surface area contributed by atoms with Gasteiger partial charge in [0.2, 0.25) is 0 Å². The second-order valence-corrected chi connectivity index (χ2v) is 17.7. The monoisotopic (exact) mass is 659 g/mol. The molecule has 0 fully saturated rings. The van der Waals surface area contributed by atoms with Crippen LogP contribution in [-0.4, -0.2) is 10.2 Å². The zero-order valence-electron chi connectivity index (χ0n) is 26.3. The predicted molar refractivity (Wildman–Crippen MR) is 154 cm³/mol. The molecule has 2 rings (SSSR count). The SMILES string of the molecule is CC(C)(C)c1cc(CP(=O)([O-])[O-])cc(C(C)(C)C)c1O.CC(C)(C)c1cc(CP(=O)([O-])[O-])cc(C(C)(C)C)c1O.[Cu]. The summed E-state index contributed by atoms with van der Waals surface area (Å²) in [6, 6.07) is 6.47. The zero-order chi connectivity index (χ0) is 31.9. The van der Waals surface area contributed by atoms with Crippen LogP contribution in [0.3, 0.4) is 0 Å². The summed E-state index contributed by atoms with van der Waals surface area (Å²) in [4.78, 5) is 44.1. The van der Waals surface area contributed by atoms with Gasteiger partial charge in [0, 0.05) is 29.4 Å². The topological polar surface area (TPSA) is 167 Å². The molecular weight excluding hydrogens is 614 g/mol. The molecule has 41 heavy (non-hydrogen) atoms. The normalized spacial score (nSPS) is 13.3. The minimum absolute atomic E-state index is 0. The van der Waals surface area contributed by atoms with Gasteiger partial charge >= 0.3 is 0 Å². The average molecular weight is 660 g/mol. The molecule has 0 spiro atoms. The zero-order valence-corrected chi connectivity index (χ0v) is 29.0. The minimum Gasteiger partial charge on any atom is -0.810 e. The van der Waals surface area contributed by atoms with Crippen LogP contribution in [0, 0.1) is 0 Å². The molecule has 0 aliphatic rings. The maximum Gasteiger partial charge on any atom is 0.123 e. The van der Waals surface area contributed by atoms with Gasteiger partial charge in [0.05, 0.1) is 0 Å². The summed E-state index contributed by atoms with van der Waals surface area (Å²) in [6.45, 7) is 23.2. The van der Waals surface area contributed by atoms with E-state index in [0.717, 1.165) is 0 Å². The maximum absolute atomic E-state index is 11.0. The molecule has 0 unspecified atom stereocenters. The van der Waals surface area contributed by atoms with Crippen LogP contribution in [0.4, 0.5) is 0 Å². The number of phenolic OH excluding ortho intramolecular Hbond substituents is 2. The van der Waals surface area contributed by atoms with E-state index in [-0.39, 0.29) is 50.2 Å². The number of rotatable bonds is 4. The van der Waals surface area contributed by atoms with Crippen molar-refractivity contribution < 1.29 is 56.0 Å². The van der Waals surface area contributed by atoms with Gasteiger partial charge in [0.25, 0.3) is 0 Å². The van der Waals surface area contributed by atoms with Gasteiger partial charge in [-0.3, -0.25) is 0 Å². The molecule has 0 atom stereocenters. The standard InChI is InChI=1S/2C15H25O4P.Cu/c2*1-14(2,3)11-7-10(9-20(17,18)19)8-12(13(11)16)15(4,5)6;/h2*7-8,16H,9H2,1-6H3,(H2,17,18,19);/p-4. The van der Waals surface area contributed by atoms with E-state index >= 15 is 0 Å². The van der Waals surface area contributed by atoms with Crippen LogP contribution in [0.25, 0.3) is 0 Å². The Morgan fingerprint density at radius 2 is 0.683 bits per heavy atom. The second kappa shape index (κ2) is 13.2. The summed E-state index contributed by atoms with van der Waals surface area (Å²) < 4.78 is 22.0. The van der Waals surface area contributed by atoms with Crippen LogP contribution >= 0.6 is 15.2 Å². The molecule has 239 valence electrons. The average Bonchev–Trinajstić information content (AvgIpc) is 2.65. The van der Waals surface area contributed by atoms with Gasteiger partial charge in [-0.2, -0.15) is 0 Å². The largest absolute Gasteiger partial charge is 0.810 e. The molecule has 0 bridgehead atoms.